The zero-order valence-corrected chi connectivity index (χ0v) is 11.8. The molecule has 0 N–H and O–H groups in total. The molecular weight excluding hydrogens is 333 g/mol. The molecule has 0 radical (unpaired) electrons. The predicted molar refractivity (Wildman–Crippen MR) is 74.0 cm³/mol. The first-order chi connectivity index (χ1) is 11.2. The number of hydrogen-bond donors (Lipinski definition) is 0. The van der Waals surface area contributed by atoms with Crippen molar-refractivity contribution in [2.45, 2.75) is 12.1 Å². The highest BCUT2D eigenvalue weighted by Crippen LogP contribution is 2.47. The number of carbonyl (C=O) groups excluding carboxylic acids is 2. The van der Waals surface area contributed by atoms with Crippen LogP contribution in [0.15, 0.2) is 48.5 Å². The van der Waals surface area contributed by atoms with Crippen molar-refractivity contribution in [1.82, 2.24) is 0 Å². The summed E-state index contributed by atoms with van der Waals surface area (Å²) in [5.74, 6) is -7.10. The topological polar surface area (TPSA) is 37.4 Å². The first-order valence-corrected chi connectivity index (χ1v) is 6.68. The van der Waals surface area contributed by atoms with E-state index in [-0.39, 0.29) is 11.1 Å². The highest BCUT2D eigenvalue weighted by atomic mass is 19.4. The van der Waals surface area contributed by atoms with Gasteiger partial charge in [-0.15, -0.1) is 0 Å². The summed E-state index contributed by atoms with van der Waals surface area (Å²) in [4.78, 5) is 25.0. The SMILES string of the molecule is O=C1c2ccccc2C(=O)N1c1ccccc1C(F)(F)C(F)(F)F. The number of alkyl halides is 5. The molecule has 1 heterocycles. The number of rotatable bonds is 2. The molecular formula is C16H8F5NO2. The molecule has 2 aromatic rings. The van der Waals surface area contributed by atoms with Crippen LogP contribution in [-0.4, -0.2) is 18.0 Å². The van der Waals surface area contributed by atoms with Gasteiger partial charge in [0.2, 0.25) is 0 Å². The number of imide groups is 1. The summed E-state index contributed by atoms with van der Waals surface area (Å²) in [6.07, 6.45) is -5.86. The van der Waals surface area contributed by atoms with Gasteiger partial charge in [-0.1, -0.05) is 30.3 Å². The van der Waals surface area contributed by atoms with Crippen molar-refractivity contribution in [3.63, 3.8) is 0 Å². The second kappa shape index (κ2) is 5.12. The maximum absolute atomic E-state index is 13.8. The van der Waals surface area contributed by atoms with E-state index in [1.165, 1.54) is 30.3 Å². The number of anilines is 1. The van der Waals surface area contributed by atoms with Gasteiger partial charge in [-0.25, -0.2) is 4.90 Å². The van der Waals surface area contributed by atoms with E-state index in [9.17, 15) is 31.5 Å². The number of hydrogen-bond acceptors (Lipinski definition) is 2. The van der Waals surface area contributed by atoms with Gasteiger partial charge in [0.25, 0.3) is 11.8 Å². The molecule has 24 heavy (non-hydrogen) atoms. The molecule has 3 rings (SSSR count). The normalized spacial score (nSPS) is 15.0. The average molecular weight is 341 g/mol. The molecule has 1 aliphatic rings. The first-order valence-electron chi connectivity index (χ1n) is 6.68. The van der Waals surface area contributed by atoms with E-state index in [1.807, 2.05) is 0 Å². The zero-order valence-electron chi connectivity index (χ0n) is 11.8. The Bertz CT molecular complexity index is 809. The third-order valence-corrected chi connectivity index (χ3v) is 3.63. The summed E-state index contributed by atoms with van der Waals surface area (Å²) in [5, 5.41) is 0. The number of nitrogens with zero attached hydrogens (tertiary/aromatic N) is 1. The van der Waals surface area contributed by atoms with Gasteiger partial charge in [0.1, 0.15) is 0 Å². The zero-order chi connectivity index (χ0) is 17.7. The van der Waals surface area contributed by atoms with E-state index in [2.05, 4.69) is 0 Å². The predicted octanol–water partition coefficient (Wildman–Crippen LogP) is 4.14. The van der Waals surface area contributed by atoms with Gasteiger partial charge < -0.3 is 0 Å². The lowest BCUT2D eigenvalue weighted by atomic mass is 10.0. The Kier molecular flexibility index (Phi) is 3.43. The largest absolute Gasteiger partial charge is 0.458 e. The van der Waals surface area contributed by atoms with Gasteiger partial charge in [0.05, 0.1) is 22.4 Å². The highest BCUT2D eigenvalue weighted by molar-refractivity contribution is 6.34. The maximum atomic E-state index is 13.8. The quantitative estimate of drug-likeness (QED) is 0.608. The summed E-state index contributed by atoms with van der Waals surface area (Å²) in [5.41, 5.74) is -2.33. The molecule has 0 saturated carbocycles. The molecule has 2 aromatic carbocycles. The molecule has 0 fully saturated rings. The monoisotopic (exact) mass is 341 g/mol. The van der Waals surface area contributed by atoms with Crippen LogP contribution in [-0.2, 0) is 5.92 Å². The van der Waals surface area contributed by atoms with Crippen LogP contribution in [0.4, 0.5) is 27.6 Å². The molecule has 0 atom stereocenters. The lowest BCUT2D eigenvalue weighted by molar-refractivity contribution is -0.289. The van der Waals surface area contributed by atoms with E-state index < -0.39 is 35.2 Å². The summed E-state index contributed by atoms with van der Waals surface area (Å²) in [6.45, 7) is 0. The Morgan fingerprint density at radius 2 is 1.17 bits per heavy atom. The minimum atomic E-state index is -5.86. The van der Waals surface area contributed by atoms with Gasteiger partial charge in [0.15, 0.2) is 0 Å². The van der Waals surface area contributed by atoms with E-state index in [4.69, 9.17) is 0 Å². The van der Waals surface area contributed by atoms with Crippen LogP contribution in [0.2, 0.25) is 0 Å². The number of benzene rings is 2. The van der Waals surface area contributed by atoms with Crippen molar-refractivity contribution in [2.24, 2.45) is 0 Å². The lowest BCUT2D eigenvalue weighted by Gasteiger charge is -2.25. The number of para-hydroxylation sites is 1. The summed E-state index contributed by atoms with van der Waals surface area (Å²) in [6, 6.07) is 9.13. The Labute approximate surface area is 132 Å². The van der Waals surface area contributed by atoms with Crippen molar-refractivity contribution in [3.05, 3.63) is 65.2 Å². The third-order valence-electron chi connectivity index (χ3n) is 3.63. The van der Waals surface area contributed by atoms with Crippen LogP contribution in [0.25, 0.3) is 0 Å². The Morgan fingerprint density at radius 1 is 0.708 bits per heavy atom. The molecule has 0 unspecified atom stereocenters. The van der Waals surface area contributed by atoms with Crippen LogP contribution >= 0.6 is 0 Å². The Balaban J connectivity index is 2.17. The molecule has 1 aliphatic heterocycles. The van der Waals surface area contributed by atoms with Crippen molar-refractivity contribution in [3.8, 4) is 0 Å². The van der Waals surface area contributed by atoms with Gasteiger partial charge in [-0.3, -0.25) is 9.59 Å². The number of halogens is 5. The second-order valence-corrected chi connectivity index (χ2v) is 5.08. The van der Waals surface area contributed by atoms with Gasteiger partial charge in [-0.05, 0) is 18.2 Å². The van der Waals surface area contributed by atoms with Crippen molar-refractivity contribution in [1.29, 1.82) is 0 Å². The molecule has 3 nitrogen and oxygen atoms in total. The van der Waals surface area contributed by atoms with Crippen molar-refractivity contribution < 1.29 is 31.5 Å². The lowest BCUT2D eigenvalue weighted by Crippen LogP contribution is -2.37. The fraction of sp³-hybridized carbons (Fsp3) is 0.125. The standard InChI is InChI=1S/C16H8F5NO2/c17-15(18,16(19,20)21)11-7-3-4-8-12(11)22-13(23)9-5-1-2-6-10(9)14(22)24/h1-8H. The Morgan fingerprint density at radius 3 is 1.67 bits per heavy atom. The van der Waals surface area contributed by atoms with Gasteiger partial charge in [0, 0.05) is 0 Å². The molecule has 0 bridgehead atoms. The van der Waals surface area contributed by atoms with Crippen molar-refractivity contribution >= 4 is 17.5 Å². The molecule has 2 amide bonds. The molecule has 8 heteroatoms. The summed E-state index contributed by atoms with van der Waals surface area (Å²) in [7, 11) is 0. The Hall–Kier alpha value is -2.77. The van der Waals surface area contributed by atoms with Crippen LogP contribution in [0.5, 0.6) is 0 Å². The highest BCUT2D eigenvalue weighted by Gasteiger charge is 2.60. The van der Waals surface area contributed by atoms with E-state index in [0.29, 0.717) is 11.0 Å². The number of carbonyl (C=O) groups is 2. The summed E-state index contributed by atoms with van der Waals surface area (Å²) >= 11 is 0. The smallest absolute Gasteiger partial charge is 0.268 e. The summed E-state index contributed by atoms with van der Waals surface area (Å²) < 4.78 is 65.7. The number of amides is 2. The van der Waals surface area contributed by atoms with Gasteiger partial charge >= 0.3 is 12.1 Å². The molecule has 0 aromatic heterocycles. The third kappa shape index (κ3) is 2.17. The van der Waals surface area contributed by atoms with Crippen LogP contribution in [0.1, 0.15) is 26.3 Å². The first kappa shape index (κ1) is 16.1. The van der Waals surface area contributed by atoms with E-state index in [0.717, 1.165) is 12.1 Å². The molecule has 0 spiro atoms. The minimum absolute atomic E-state index is 0.0485. The average Bonchev–Trinajstić information content (AvgIpc) is 2.78. The maximum Gasteiger partial charge on any atom is 0.458 e. The fourth-order valence-electron chi connectivity index (χ4n) is 2.49. The van der Waals surface area contributed by atoms with Crippen molar-refractivity contribution in [2.75, 3.05) is 4.90 Å². The fourth-order valence-corrected chi connectivity index (χ4v) is 2.49. The molecule has 0 aliphatic carbocycles. The van der Waals surface area contributed by atoms with E-state index >= 15 is 0 Å². The van der Waals surface area contributed by atoms with Crippen LogP contribution in [0, 0.1) is 0 Å². The number of fused-ring (bicyclic) bond motifs is 1. The van der Waals surface area contributed by atoms with Crippen LogP contribution in [0.3, 0.4) is 0 Å². The minimum Gasteiger partial charge on any atom is -0.268 e. The van der Waals surface area contributed by atoms with E-state index in [1.54, 1.807) is 0 Å². The molecule has 0 saturated heterocycles. The van der Waals surface area contributed by atoms with Gasteiger partial charge in [-0.2, -0.15) is 22.0 Å². The molecule has 124 valence electrons. The second-order valence-electron chi connectivity index (χ2n) is 5.08. The van der Waals surface area contributed by atoms with Crippen LogP contribution < -0.4 is 4.90 Å².